The lowest BCUT2D eigenvalue weighted by Gasteiger charge is -2.25. The van der Waals surface area contributed by atoms with Gasteiger partial charge in [-0.25, -0.2) is 0 Å². The van der Waals surface area contributed by atoms with E-state index >= 15 is 0 Å². The largest absolute Gasteiger partial charge is 0.300 e. The quantitative estimate of drug-likeness (QED) is 0.616. The minimum atomic E-state index is 0.731. The topological polar surface area (TPSA) is 3.24 Å². The van der Waals surface area contributed by atoms with E-state index in [1.165, 1.54) is 37.4 Å². The number of hydrogen-bond acceptors (Lipinski definition) is 2. The number of rotatable bonds is 1. The van der Waals surface area contributed by atoms with Crippen molar-refractivity contribution in [2.75, 3.05) is 24.6 Å². The van der Waals surface area contributed by atoms with Gasteiger partial charge in [0.25, 0.3) is 0 Å². The third-order valence-corrected chi connectivity index (χ3v) is 4.69. The molecule has 0 aromatic heterocycles. The lowest BCUT2D eigenvalue weighted by molar-refractivity contribution is 0.237. The van der Waals surface area contributed by atoms with Gasteiger partial charge in [0, 0.05) is 18.3 Å². The fourth-order valence-corrected chi connectivity index (χ4v) is 3.92. The first-order valence-electron chi connectivity index (χ1n) is 5.04. The second-order valence-electron chi connectivity index (χ2n) is 4.62. The van der Waals surface area contributed by atoms with Crippen LogP contribution in [-0.2, 0) is 0 Å². The standard InChI is InChI=1S/C10H19NS/c1-9(2)11-5-3-10(7-11)4-6-12-8-10/h9H,3-8H2,1-2H3. The van der Waals surface area contributed by atoms with Crippen LogP contribution in [-0.4, -0.2) is 35.5 Å². The smallest absolute Gasteiger partial charge is 0.00494 e. The first kappa shape index (κ1) is 8.89. The third kappa shape index (κ3) is 1.51. The minimum Gasteiger partial charge on any atom is -0.300 e. The summed E-state index contributed by atoms with van der Waals surface area (Å²) in [6.45, 7) is 7.36. The van der Waals surface area contributed by atoms with E-state index in [9.17, 15) is 0 Å². The molecule has 0 radical (unpaired) electrons. The zero-order chi connectivity index (χ0) is 8.60. The Morgan fingerprint density at radius 2 is 2.17 bits per heavy atom. The molecule has 0 aromatic carbocycles. The highest BCUT2D eigenvalue weighted by molar-refractivity contribution is 7.99. The van der Waals surface area contributed by atoms with Gasteiger partial charge in [-0.1, -0.05) is 0 Å². The van der Waals surface area contributed by atoms with Gasteiger partial charge in [-0.05, 0) is 44.4 Å². The van der Waals surface area contributed by atoms with Gasteiger partial charge in [0.2, 0.25) is 0 Å². The van der Waals surface area contributed by atoms with Crippen molar-refractivity contribution in [2.45, 2.75) is 32.7 Å². The molecule has 2 heterocycles. The molecule has 0 saturated carbocycles. The van der Waals surface area contributed by atoms with Gasteiger partial charge < -0.3 is 4.90 Å². The molecule has 1 unspecified atom stereocenters. The van der Waals surface area contributed by atoms with Gasteiger partial charge in [0.1, 0.15) is 0 Å². The maximum Gasteiger partial charge on any atom is 0.00494 e. The van der Waals surface area contributed by atoms with Crippen LogP contribution < -0.4 is 0 Å². The van der Waals surface area contributed by atoms with Crippen molar-refractivity contribution in [1.82, 2.24) is 4.90 Å². The van der Waals surface area contributed by atoms with Gasteiger partial charge >= 0.3 is 0 Å². The highest BCUT2D eigenvalue weighted by atomic mass is 32.2. The van der Waals surface area contributed by atoms with Crippen LogP contribution in [0.5, 0.6) is 0 Å². The van der Waals surface area contributed by atoms with E-state index in [1.807, 2.05) is 0 Å². The van der Waals surface area contributed by atoms with Crippen LogP contribution in [0, 0.1) is 5.41 Å². The van der Waals surface area contributed by atoms with Crippen LogP contribution in [0.1, 0.15) is 26.7 Å². The lowest BCUT2D eigenvalue weighted by Crippen LogP contribution is -2.31. The first-order valence-corrected chi connectivity index (χ1v) is 6.19. The molecule has 1 spiro atoms. The zero-order valence-electron chi connectivity index (χ0n) is 8.18. The molecule has 2 saturated heterocycles. The monoisotopic (exact) mass is 185 g/mol. The molecule has 70 valence electrons. The van der Waals surface area contributed by atoms with Crippen molar-refractivity contribution < 1.29 is 0 Å². The lowest BCUT2D eigenvalue weighted by atomic mass is 9.87. The Morgan fingerprint density at radius 3 is 2.67 bits per heavy atom. The van der Waals surface area contributed by atoms with Gasteiger partial charge in [-0.15, -0.1) is 0 Å². The van der Waals surface area contributed by atoms with Crippen molar-refractivity contribution in [1.29, 1.82) is 0 Å². The van der Waals surface area contributed by atoms with Gasteiger partial charge in [-0.2, -0.15) is 11.8 Å². The predicted molar refractivity (Wildman–Crippen MR) is 55.7 cm³/mol. The number of hydrogen-bond donors (Lipinski definition) is 0. The van der Waals surface area contributed by atoms with Crippen molar-refractivity contribution in [3.8, 4) is 0 Å². The van der Waals surface area contributed by atoms with Crippen molar-refractivity contribution in [3.05, 3.63) is 0 Å². The summed E-state index contributed by atoms with van der Waals surface area (Å²) in [5, 5.41) is 0. The fraction of sp³-hybridized carbons (Fsp3) is 1.00. The van der Waals surface area contributed by atoms with Crippen molar-refractivity contribution >= 4 is 11.8 Å². The summed E-state index contributed by atoms with van der Waals surface area (Å²) < 4.78 is 0. The summed E-state index contributed by atoms with van der Waals surface area (Å²) in [5.41, 5.74) is 0.731. The normalized spacial score (nSPS) is 37.2. The maximum absolute atomic E-state index is 2.64. The average molecular weight is 185 g/mol. The highest BCUT2D eigenvalue weighted by Crippen LogP contribution is 2.43. The van der Waals surface area contributed by atoms with Crippen LogP contribution in [0.25, 0.3) is 0 Å². The van der Waals surface area contributed by atoms with Crippen LogP contribution in [0.2, 0.25) is 0 Å². The molecule has 12 heavy (non-hydrogen) atoms. The predicted octanol–water partition coefficient (Wildman–Crippen LogP) is 2.22. The van der Waals surface area contributed by atoms with Crippen molar-refractivity contribution in [2.24, 2.45) is 5.41 Å². The Balaban J connectivity index is 1.96. The molecule has 0 amide bonds. The Kier molecular flexibility index (Phi) is 2.39. The zero-order valence-corrected chi connectivity index (χ0v) is 8.99. The van der Waals surface area contributed by atoms with Crippen LogP contribution in [0.4, 0.5) is 0 Å². The highest BCUT2D eigenvalue weighted by Gasteiger charge is 2.40. The molecule has 0 aliphatic carbocycles. The molecule has 2 aliphatic heterocycles. The molecule has 2 fully saturated rings. The Hall–Kier alpha value is 0.310. The summed E-state index contributed by atoms with van der Waals surface area (Å²) >= 11 is 2.16. The molecule has 2 aliphatic rings. The van der Waals surface area contributed by atoms with Crippen LogP contribution in [0.3, 0.4) is 0 Å². The van der Waals surface area contributed by atoms with E-state index in [0.29, 0.717) is 0 Å². The molecule has 1 atom stereocenters. The number of thioether (sulfide) groups is 1. The molecular formula is C10H19NS. The summed E-state index contributed by atoms with van der Waals surface area (Å²) in [6.07, 6.45) is 2.93. The Labute approximate surface area is 79.9 Å². The van der Waals surface area contributed by atoms with Crippen LogP contribution >= 0.6 is 11.8 Å². The fourth-order valence-electron chi connectivity index (χ4n) is 2.38. The van der Waals surface area contributed by atoms with E-state index in [2.05, 4.69) is 30.5 Å². The van der Waals surface area contributed by atoms with E-state index < -0.39 is 0 Å². The molecule has 0 bridgehead atoms. The average Bonchev–Trinajstić information content (AvgIpc) is 2.62. The SMILES string of the molecule is CC(C)N1CCC2(CCSC2)C1. The molecule has 2 heteroatoms. The summed E-state index contributed by atoms with van der Waals surface area (Å²) in [4.78, 5) is 2.64. The van der Waals surface area contributed by atoms with Crippen molar-refractivity contribution in [3.63, 3.8) is 0 Å². The molecule has 0 aromatic rings. The summed E-state index contributed by atoms with van der Waals surface area (Å²) in [6, 6.07) is 0.759. The number of nitrogens with zero attached hydrogens (tertiary/aromatic N) is 1. The molecular weight excluding hydrogens is 166 g/mol. The van der Waals surface area contributed by atoms with E-state index in [1.54, 1.807) is 0 Å². The Morgan fingerprint density at radius 1 is 1.33 bits per heavy atom. The maximum atomic E-state index is 2.64. The second-order valence-corrected chi connectivity index (χ2v) is 5.72. The summed E-state index contributed by atoms with van der Waals surface area (Å²) in [7, 11) is 0. The second kappa shape index (κ2) is 3.22. The minimum absolute atomic E-state index is 0.731. The van der Waals surface area contributed by atoms with Gasteiger partial charge in [0.15, 0.2) is 0 Å². The van der Waals surface area contributed by atoms with E-state index in [0.717, 1.165) is 11.5 Å². The molecule has 0 N–H and O–H groups in total. The van der Waals surface area contributed by atoms with E-state index in [4.69, 9.17) is 0 Å². The van der Waals surface area contributed by atoms with Gasteiger partial charge in [-0.3, -0.25) is 0 Å². The third-order valence-electron chi connectivity index (χ3n) is 3.38. The molecule has 2 rings (SSSR count). The van der Waals surface area contributed by atoms with Crippen LogP contribution in [0.15, 0.2) is 0 Å². The van der Waals surface area contributed by atoms with Gasteiger partial charge in [0.05, 0.1) is 0 Å². The summed E-state index contributed by atoms with van der Waals surface area (Å²) in [5.74, 6) is 2.84. The number of likely N-dealkylation sites (tertiary alicyclic amines) is 1. The molecule has 1 nitrogen and oxygen atoms in total. The Bertz CT molecular complexity index is 161. The first-order chi connectivity index (χ1) is 5.72. The van der Waals surface area contributed by atoms with E-state index in [-0.39, 0.29) is 0 Å².